The lowest BCUT2D eigenvalue weighted by atomic mass is 9.84. The number of urea groups is 1. The summed E-state index contributed by atoms with van der Waals surface area (Å²) in [4.78, 5) is 32.4. The second kappa shape index (κ2) is 12.5. The van der Waals surface area contributed by atoms with Crippen LogP contribution in [0.4, 0.5) is 18.0 Å². The number of rotatable bonds is 7. The number of amides is 3. The highest BCUT2D eigenvalue weighted by molar-refractivity contribution is 6.30. The molecule has 0 radical (unpaired) electrons. The molecule has 2 aromatic carbocycles. The summed E-state index contributed by atoms with van der Waals surface area (Å²) in [5, 5.41) is 16.8. The van der Waals surface area contributed by atoms with E-state index in [0.29, 0.717) is 33.9 Å². The number of aromatic nitrogens is 3. The van der Waals surface area contributed by atoms with Gasteiger partial charge < -0.3 is 15.7 Å². The fourth-order valence-corrected chi connectivity index (χ4v) is 4.84. The number of nitrogens with two attached hydrogens (primary N) is 1. The van der Waals surface area contributed by atoms with Gasteiger partial charge in [-0.05, 0) is 54.7 Å². The molecule has 0 unspecified atom stereocenters. The third-order valence-electron chi connectivity index (χ3n) is 6.92. The van der Waals surface area contributed by atoms with Crippen LogP contribution in [0.25, 0.3) is 5.69 Å². The molecule has 0 aliphatic carbocycles. The number of benzene rings is 2. The Labute approximate surface area is 245 Å². The van der Waals surface area contributed by atoms with E-state index in [1.165, 1.54) is 35.3 Å². The van der Waals surface area contributed by atoms with Crippen molar-refractivity contribution in [3.05, 3.63) is 76.8 Å². The summed E-state index contributed by atoms with van der Waals surface area (Å²) in [6, 6.07) is 11.7. The predicted octanol–water partition coefficient (Wildman–Crippen LogP) is 3.73. The van der Waals surface area contributed by atoms with Crippen LogP contribution >= 0.6 is 11.6 Å². The van der Waals surface area contributed by atoms with E-state index in [0.717, 1.165) is 12.8 Å². The topological polar surface area (TPSA) is 129 Å². The maximum atomic E-state index is 13.4. The summed E-state index contributed by atoms with van der Waals surface area (Å²) in [5.41, 5.74) is 7.21. The maximum absolute atomic E-state index is 13.4. The van der Waals surface area contributed by atoms with E-state index in [4.69, 9.17) is 17.3 Å². The van der Waals surface area contributed by atoms with Crippen LogP contribution in [-0.2, 0) is 6.54 Å². The van der Waals surface area contributed by atoms with Crippen molar-refractivity contribution in [2.24, 2.45) is 11.1 Å². The molecule has 3 amide bonds. The number of nitrogens with zero attached hydrogens (tertiary/aromatic N) is 5. The number of aliphatic hydroxyl groups is 1. The Morgan fingerprint density at radius 3 is 2.55 bits per heavy atom. The summed E-state index contributed by atoms with van der Waals surface area (Å²) in [7, 11) is 0. The highest BCUT2D eigenvalue weighted by Gasteiger charge is 2.41. The first kappa shape index (κ1) is 31.0. The highest BCUT2D eigenvalue weighted by Crippen LogP contribution is 2.30. The Kier molecular flexibility index (Phi) is 9.21. The smallest absolute Gasteiger partial charge is 0.381 e. The number of hydrogen-bond donors (Lipinski definition) is 3. The Balaban J connectivity index is 1.53. The number of carbonyl (C=O) groups excluding carboxylic acids is 2. The summed E-state index contributed by atoms with van der Waals surface area (Å²) in [6.07, 6.45) is -4.50. The van der Waals surface area contributed by atoms with Crippen LogP contribution in [0.5, 0.6) is 0 Å². The van der Waals surface area contributed by atoms with Gasteiger partial charge in [0.05, 0.1) is 11.3 Å². The number of aliphatic hydroxyl groups excluding tert-OH is 1. The number of nitrogens with one attached hydrogen (secondary N) is 1. The molecule has 1 saturated heterocycles. The van der Waals surface area contributed by atoms with Crippen molar-refractivity contribution >= 4 is 29.4 Å². The highest BCUT2D eigenvalue weighted by atomic mass is 35.5. The largest absolute Gasteiger partial charge is 0.436 e. The molecule has 1 aliphatic rings. The standard InChI is InChI=1S/C28H31ClF3N7O3/c1-27(2)12-5-13-37(16-27)25(41)20-6-3-4-7-21(20)39-17-35-23(36-39)14-34-26(42)38(15-22(40)28(30,31)32)24(33)18-8-10-19(29)11-9-18/h3-4,6-11,17,22,33,40H,5,12-16H2,1-2H3,(H,34,42)/p+1/t22-/m0/s1. The second-order valence-electron chi connectivity index (χ2n) is 10.8. The molecule has 1 fully saturated rings. The zero-order valence-electron chi connectivity index (χ0n) is 23.1. The van der Waals surface area contributed by atoms with Crippen molar-refractivity contribution in [2.45, 2.75) is 45.5 Å². The summed E-state index contributed by atoms with van der Waals surface area (Å²) < 4.78 is 41.4. The first-order valence-electron chi connectivity index (χ1n) is 13.2. The number of halogens is 4. The van der Waals surface area contributed by atoms with E-state index in [2.05, 4.69) is 29.2 Å². The van der Waals surface area contributed by atoms with Gasteiger partial charge in [-0.25, -0.2) is 14.5 Å². The van der Waals surface area contributed by atoms with Gasteiger partial charge in [0.15, 0.2) is 11.9 Å². The van der Waals surface area contributed by atoms with Gasteiger partial charge in [-0.1, -0.05) is 37.6 Å². The van der Waals surface area contributed by atoms with Gasteiger partial charge in [0.1, 0.15) is 19.4 Å². The number of carbonyl (C=O) groups is 2. The van der Waals surface area contributed by atoms with Gasteiger partial charge in [0.25, 0.3) is 5.91 Å². The van der Waals surface area contributed by atoms with Crippen molar-refractivity contribution in [1.29, 1.82) is 0 Å². The third-order valence-corrected chi connectivity index (χ3v) is 7.17. The number of hydrogen-bond acceptors (Lipinski definition) is 5. The van der Waals surface area contributed by atoms with Crippen LogP contribution in [0.2, 0.25) is 5.02 Å². The fraction of sp³-hybridized carbons (Fsp3) is 0.393. The average molecular weight is 607 g/mol. The minimum absolute atomic E-state index is 0.0138. The first-order chi connectivity index (χ1) is 19.7. The Bertz CT molecular complexity index is 1470. The zero-order chi connectivity index (χ0) is 30.7. The van der Waals surface area contributed by atoms with Crippen LogP contribution in [0.3, 0.4) is 0 Å². The lowest BCUT2D eigenvalue weighted by molar-refractivity contribution is -0.455. The van der Waals surface area contributed by atoms with Crippen molar-refractivity contribution in [3.8, 4) is 5.69 Å². The molecule has 14 heteroatoms. The maximum Gasteiger partial charge on any atom is 0.436 e. The van der Waals surface area contributed by atoms with E-state index in [9.17, 15) is 27.9 Å². The van der Waals surface area contributed by atoms with E-state index < -0.39 is 24.9 Å². The van der Waals surface area contributed by atoms with E-state index >= 15 is 0 Å². The van der Waals surface area contributed by atoms with Crippen molar-refractivity contribution in [3.63, 3.8) is 0 Å². The molecule has 0 bridgehead atoms. The SMILES string of the molecule is CC1(C)CCCN(C(=O)c2ccccc2-n2cnc(CNC(=O)/[N+](C[C@H](O)C(F)(F)F)=C(\N)c3ccc(Cl)cc3)n2)C1. The van der Waals surface area contributed by atoms with Gasteiger partial charge in [-0.3, -0.25) is 10.1 Å². The zero-order valence-corrected chi connectivity index (χ0v) is 23.9. The molecule has 3 aromatic rings. The van der Waals surface area contributed by atoms with Gasteiger partial charge in [-0.2, -0.15) is 17.7 Å². The van der Waals surface area contributed by atoms with Crippen molar-refractivity contribution in [2.75, 3.05) is 19.6 Å². The molecule has 4 rings (SSSR count). The molecule has 4 N–H and O–H groups in total. The van der Waals surface area contributed by atoms with Gasteiger partial charge in [0.2, 0.25) is 5.84 Å². The lowest BCUT2D eigenvalue weighted by Crippen LogP contribution is -2.47. The Morgan fingerprint density at radius 2 is 1.88 bits per heavy atom. The summed E-state index contributed by atoms with van der Waals surface area (Å²) in [5.74, 6) is -0.318. The van der Waals surface area contributed by atoms with E-state index in [1.807, 2.05) is 4.90 Å². The molecule has 224 valence electrons. The van der Waals surface area contributed by atoms with Gasteiger partial charge in [-0.15, -0.1) is 5.10 Å². The number of likely N-dealkylation sites (tertiary alicyclic amines) is 1. The van der Waals surface area contributed by atoms with Crippen molar-refractivity contribution < 1.29 is 32.4 Å². The normalized spacial score (nSPS) is 16.5. The molecule has 0 saturated carbocycles. The minimum atomic E-state index is -4.98. The van der Waals surface area contributed by atoms with E-state index in [1.54, 1.807) is 24.3 Å². The summed E-state index contributed by atoms with van der Waals surface area (Å²) >= 11 is 5.88. The number of amidine groups is 1. The van der Waals surface area contributed by atoms with E-state index in [-0.39, 0.29) is 35.1 Å². The average Bonchev–Trinajstić information content (AvgIpc) is 3.42. The van der Waals surface area contributed by atoms with Crippen LogP contribution in [0.1, 0.15) is 48.4 Å². The quantitative estimate of drug-likeness (QED) is 0.214. The van der Waals surface area contributed by atoms with Gasteiger partial charge in [0, 0.05) is 23.7 Å². The molecule has 1 aliphatic heterocycles. The van der Waals surface area contributed by atoms with Crippen LogP contribution in [0, 0.1) is 5.41 Å². The van der Waals surface area contributed by atoms with Gasteiger partial charge >= 0.3 is 12.2 Å². The first-order valence-corrected chi connectivity index (χ1v) is 13.6. The molecule has 1 atom stereocenters. The van der Waals surface area contributed by atoms with Crippen molar-refractivity contribution in [1.82, 2.24) is 25.0 Å². The van der Waals surface area contributed by atoms with Crippen LogP contribution in [0.15, 0.2) is 54.9 Å². The van der Waals surface area contributed by atoms with Crippen LogP contribution in [-0.4, -0.2) is 79.0 Å². The molecule has 2 heterocycles. The summed E-state index contributed by atoms with van der Waals surface area (Å²) in [6.45, 7) is 4.12. The van der Waals surface area contributed by atoms with Crippen LogP contribution < -0.4 is 11.1 Å². The molecule has 1 aromatic heterocycles. The lowest BCUT2D eigenvalue weighted by Gasteiger charge is -2.38. The monoisotopic (exact) mass is 606 g/mol. The number of alkyl halides is 3. The third kappa shape index (κ3) is 7.45. The molecule has 0 spiro atoms. The molecule has 10 nitrogen and oxygen atoms in total. The second-order valence-corrected chi connectivity index (χ2v) is 11.3. The fourth-order valence-electron chi connectivity index (χ4n) is 4.71. The molecule has 42 heavy (non-hydrogen) atoms. The molecular formula is C28H32ClF3N7O3+. The minimum Gasteiger partial charge on any atom is -0.381 e. The Morgan fingerprint density at radius 1 is 1.19 bits per heavy atom. The predicted molar refractivity (Wildman–Crippen MR) is 149 cm³/mol. The number of para-hydroxylation sites is 1. The number of piperidine rings is 1. The molecular weight excluding hydrogens is 575 g/mol. The Hall–Kier alpha value is -3.97.